The van der Waals surface area contributed by atoms with Crippen molar-refractivity contribution >= 4 is 24.0 Å². The van der Waals surface area contributed by atoms with Crippen molar-refractivity contribution < 1.29 is 9.59 Å². The normalized spacial score (nSPS) is 17.6. The predicted molar refractivity (Wildman–Crippen MR) is 106 cm³/mol. The molecule has 2 aromatic rings. The first kappa shape index (κ1) is 18.2. The fourth-order valence-electron chi connectivity index (χ4n) is 3.61. The first-order valence-corrected chi connectivity index (χ1v) is 9.60. The highest BCUT2D eigenvalue weighted by molar-refractivity contribution is 5.93. The van der Waals surface area contributed by atoms with Gasteiger partial charge in [0.15, 0.2) is 0 Å². The van der Waals surface area contributed by atoms with Crippen molar-refractivity contribution in [2.75, 3.05) is 62.2 Å². The molecule has 2 amide bonds. The minimum absolute atomic E-state index is 0.0231. The minimum atomic E-state index is -0.0231. The summed E-state index contributed by atoms with van der Waals surface area (Å²) in [4.78, 5) is 40.3. The van der Waals surface area contributed by atoms with Crippen molar-refractivity contribution in [2.45, 2.75) is 0 Å². The Balaban J connectivity index is 1.33. The number of aromatic nitrogens is 2. The van der Waals surface area contributed by atoms with Crippen LogP contribution in [0.15, 0.2) is 42.7 Å². The number of nitrogens with zero attached hydrogens (tertiary/aromatic N) is 6. The maximum Gasteiger partial charge on any atom is 0.257 e. The maximum absolute atomic E-state index is 12.8. The van der Waals surface area contributed by atoms with Crippen LogP contribution in [0.4, 0.5) is 11.6 Å². The quantitative estimate of drug-likeness (QED) is 0.728. The lowest BCUT2D eigenvalue weighted by Gasteiger charge is -2.36. The Morgan fingerprint density at radius 3 is 2.04 bits per heavy atom. The van der Waals surface area contributed by atoms with E-state index in [1.54, 1.807) is 17.3 Å². The van der Waals surface area contributed by atoms with Crippen molar-refractivity contribution in [1.82, 2.24) is 19.8 Å². The number of carbonyl (C=O) groups excluding carboxylic acids is 2. The Labute approximate surface area is 164 Å². The van der Waals surface area contributed by atoms with Gasteiger partial charge in [0.2, 0.25) is 12.4 Å². The highest BCUT2D eigenvalue weighted by Crippen LogP contribution is 2.17. The van der Waals surface area contributed by atoms with E-state index in [9.17, 15) is 9.59 Å². The zero-order valence-electron chi connectivity index (χ0n) is 15.8. The topological polar surface area (TPSA) is 72.9 Å². The second-order valence-electron chi connectivity index (χ2n) is 7.01. The predicted octanol–water partition coefficient (Wildman–Crippen LogP) is 0.717. The summed E-state index contributed by atoms with van der Waals surface area (Å²) >= 11 is 0. The van der Waals surface area contributed by atoms with Crippen LogP contribution in [0.1, 0.15) is 10.4 Å². The molecular weight excluding hydrogens is 356 g/mol. The van der Waals surface area contributed by atoms with Gasteiger partial charge in [-0.3, -0.25) is 9.59 Å². The number of hydrogen-bond acceptors (Lipinski definition) is 6. The van der Waals surface area contributed by atoms with Crippen LogP contribution in [0.25, 0.3) is 0 Å². The largest absolute Gasteiger partial charge is 0.368 e. The van der Waals surface area contributed by atoms with Gasteiger partial charge >= 0.3 is 0 Å². The summed E-state index contributed by atoms with van der Waals surface area (Å²) in [6.07, 6.45) is 4.10. The van der Waals surface area contributed by atoms with E-state index in [0.29, 0.717) is 50.8 Å². The van der Waals surface area contributed by atoms with Gasteiger partial charge < -0.3 is 19.6 Å². The lowest BCUT2D eigenvalue weighted by atomic mass is 10.2. The first-order valence-electron chi connectivity index (χ1n) is 9.60. The molecule has 1 aromatic heterocycles. The average Bonchev–Trinajstić information content (AvgIpc) is 2.79. The molecule has 4 rings (SSSR count). The summed E-state index contributed by atoms with van der Waals surface area (Å²) in [6, 6.07) is 10.3. The minimum Gasteiger partial charge on any atom is -0.368 e. The van der Waals surface area contributed by atoms with Gasteiger partial charge in [-0.15, -0.1) is 0 Å². The highest BCUT2D eigenvalue weighted by Gasteiger charge is 2.23. The Hall–Kier alpha value is -3.16. The molecule has 2 fully saturated rings. The van der Waals surface area contributed by atoms with Gasteiger partial charge in [0.1, 0.15) is 0 Å². The summed E-state index contributed by atoms with van der Waals surface area (Å²) < 4.78 is 0. The van der Waals surface area contributed by atoms with Crippen LogP contribution in [0, 0.1) is 0 Å². The van der Waals surface area contributed by atoms with Gasteiger partial charge in [-0.1, -0.05) is 18.2 Å². The van der Waals surface area contributed by atoms with E-state index in [4.69, 9.17) is 0 Å². The summed E-state index contributed by atoms with van der Waals surface area (Å²) in [5, 5.41) is 0. The van der Waals surface area contributed by atoms with Gasteiger partial charge in [0.25, 0.3) is 5.91 Å². The first-order chi connectivity index (χ1) is 13.7. The molecule has 2 aliphatic rings. The SMILES string of the molecule is O=CN1CCN(c2ncc(C(=O)N3CCN(c4ccccc4)CC3)cn2)CC1. The molecule has 0 N–H and O–H groups in total. The van der Waals surface area contributed by atoms with Crippen molar-refractivity contribution in [3.63, 3.8) is 0 Å². The number of benzene rings is 1. The fourth-order valence-corrected chi connectivity index (χ4v) is 3.61. The second kappa shape index (κ2) is 8.24. The van der Waals surface area contributed by atoms with Crippen LogP contribution < -0.4 is 9.80 Å². The monoisotopic (exact) mass is 380 g/mol. The maximum atomic E-state index is 12.8. The number of para-hydroxylation sites is 1. The van der Waals surface area contributed by atoms with E-state index >= 15 is 0 Å². The third-order valence-corrected chi connectivity index (χ3v) is 5.32. The van der Waals surface area contributed by atoms with Gasteiger partial charge in [-0.25, -0.2) is 9.97 Å². The molecule has 0 bridgehead atoms. The van der Waals surface area contributed by atoms with E-state index in [2.05, 4.69) is 27.0 Å². The highest BCUT2D eigenvalue weighted by atomic mass is 16.2. The summed E-state index contributed by atoms with van der Waals surface area (Å²) in [7, 11) is 0. The smallest absolute Gasteiger partial charge is 0.257 e. The molecule has 28 heavy (non-hydrogen) atoms. The Kier molecular flexibility index (Phi) is 5.36. The van der Waals surface area contributed by atoms with E-state index in [-0.39, 0.29) is 5.91 Å². The lowest BCUT2D eigenvalue weighted by molar-refractivity contribution is -0.118. The number of amides is 2. The molecule has 0 saturated carbocycles. The van der Waals surface area contributed by atoms with Gasteiger partial charge in [0, 0.05) is 70.4 Å². The third-order valence-electron chi connectivity index (χ3n) is 5.32. The number of hydrogen-bond donors (Lipinski definition) is 0. The molecule has 0 spiro atoms. The Bertz CT molecular complexity index is 797. The van der Waals surface area contributed by atoms with E-state index in [1.165, 1.54) is 5.69 Å². The van der Waals surface area contributed by atoms with Crippen molar-refractivity contribution in [3.05, 3.63) is 48.3 Å². The van der Waals surface area contributed by atoms with Crippen LogP contribution in [0.3, 0.4) is 0 Å². The Morgan fingerprint density at radius 1 is 0.821 bits per heavy atom. The second-order valence-corrected chi connectivity index (χ2v) is 7.01. The van der Waals surface area contributed by atoms with Crippen molar-refractivity contribution in [3.8, 4) is 0 Å². The number of carbonyl (C=O) groups is 2. The van der Waals surface area contributed by atoms with Crippen LogP contribution in [0.5, 0.6) is 0 Å². The van der Waals surface area contributed by atoms with Crippen LogP contribution in [-0.4, -0.2) is 84.4 Å². The van der Waals surface area contributed by atoms with Crippen LogP contribution in [0.2, 0.25) is 0 Å². The molecule has 3 heterocycles. The van der Waals surface area contributed by atoms with Crippen LogP contribution in [-0.2, 0) is 4.79 Å². The molecule has 0 aliphatic carbocycles. The molecule has 1 aromatic carbocycles. The van der Waals surface area contributed by atoms with Crippen LogP contribution >= 0.6 is 0 Å². The molecule has 8 heteroatoms. The van der Waals surface area contributed by atoms with E-state index in [1.807, 2.05) is 28.0 Å². The van der Waals surface area contributed by atoms with Gasteiger partial charge in [-0.2, -0.15) is 0 Å². The number of rotatable bonds is 4. The fraction of sp³-hybridized carbons (Fsp3) is 0.400. The van der Waals surface area contributed by atoms with Gasteiger partial charge in [-0.05, 0) is 12.1 Å². The molecule has 0 atom stereocenters. The zero-order valence-corrected chi connectivity index (χ0v) is 15.8. The molecule has 8 nitrogen and oxygen atoms in total. The van der Waals surface area contributed by atoms with Crippen molar-refractivity contribution in [1.29, 1.82) is 0 Å². The van der Waals surface area contributed by atoms with Gasteiger partial charge in [0.05, 0.1) is 5.56 Å². The summed E-state index contributed by atoms with van der Waals surface area (Å²) in [6.45, 7) is 5.73. The number of anilines is 2. The molecule has 0 radical (unpaired) electrons. The van der Waals surface area contributed by atoms with E-state index < -0.39 is 0 Å². The molecule has 146 valence electrons. The van der Waals surface area contributed by atoms with Crippen molar-refractivity contribution in [2.24, 2.45) is 0 Å². The molecule has 0 unspecified atom stereocenters. The lowest BCUT2D eigenvalue weighted by Crippen LogP contribution is -2.49. The third kappa shape index (κ3) is 3.90. The number of piperazine rings is 2. The molecule has 2 aliphatic heterocycles. The molecular formula is C20H24N6O2. The summed E-state index contributed by atoms with van der Waals surface area (Å²) in [5.41, 5.74) is 1.71. The van der Waals surface area contributed by atoms with E-state index in [0.717, 1.165) is 19.5 Å². The molecule has 2 saturated heterocycles. The Morgan fingerprint density at radius 2 is 1.43 bits per heavy atom. The average molecular weight is 380 g/mol. The standard InChI is InChI=1S/C20H24N6O2/c27-16-23-6-8-26(9-7-23)20-21-14-17(15-22-20)19(28)25-12-10-24(11-13-25)18-4-2-1-3-5-18/h1-5,14-16H,6-13H2. The summed E-state index contributed by atoms with van der Waals surface area (Å²) in [5.74, 6) is 0.584. The zero-order chi connectivity index (χ0) is 19.3.